The van der Waals surface area contributed by atoms with Crippen molar-refractivity contribution in [2.24, 2.45) is 0 Å². The molecule has 1 aromatic carbocycles. The molecule has 120 valence electrons. The third-order valence-electron chi connectivity index (χ3n) is 4.00. The first kappa shape index (κ1) is 15.5. The normalized spacial score (nSPS) is 13.7. The number of carbonyl (C=O) groups excluding carboxylic acids is 1. The lowest BCUT2D eigenvalue weighted by Crippen LogP contribution is -2.35. The van der Waals surface area contributed by atoms with Gasteiger partial charge in [-0.1, -0.05) is 12.1 Å². The average molecular weight is 312 g/mol. The molecule has 0 radical (unpaired) electrons. The summed E-state index contributed by atoms with van der Waals surface area (Å²) in [7, 11) is 1.63. The van der Waals surface area contributed by atoms with Crippen LogP contribution in [0.4, 0.5) is 0 Å². The van der Waals surface area contributed by atoms with Gasteiger partial charge in [0, 0.05) is 30.5 Å². The Bertz CT molecular complexity index is 681. The number of ether oxygens (including phenoxy) is 1. The van der Waals surface area contributed by atoms with Gasteiger partial charge in [-0.25, -0.2) is 0 Å². The molecule has 1 fully saturated rings. The topological polar surface area (TPSA) is 62.7 Å². The van der Waals surface area contributed by atoms with Crippen molar-refractivity contribution >= 4 is 5.91 Å². The molecule has 2 aromatic rings. The SMILES string of the molecule is COc1ccc(-c2cncc(C(=O)N(CCO)C3CC3)c2)cc1. The summed E-state index contributed by atoms with van der Waals surface area (Å²) in [6.07, 6.45) is 5.35. The van der Waals surface area contributed by atoms with Crippen molar-refractivity contribution in [3.63, 3.8) is 0 Å². The van der Waals surface area contributed by atoms with E-state index in [0.29, 0.717) is 12.1 Å². The van der Waals surface area contributed by atoms with Gasteiger partial charge in [0.1, 0.15) is 5.75 Å². The fourth-order valence-electron chi connectivity index (χ4n) is 2.61. The monoisotopic (exact) mass is 312 g/mol. The minimum atomic E-state index is -0.0654. The van der Waals surface area contributed by atoms with E-state index in [-0.39, 0.29) is 18.6 Å². The van der Waals surface area contributed by atoms with Crippen LogP contribution in [-0.4, -0.2) is 47.2 Å². The molecule has 0 spiro atoms. The number of pyridine rings is 1. The molecule has 1 heterocycles. The lowest BCUT2D eigenvalue weighted by Gasteiger charge is -2.21. The maximum atomic E-state index is 12.7. The van der Waals surface area contributed by atoms with E-state index in [1.165, 1.54) is 0 Å². The number of aliphatic hydroxyl groups is 1. The molecule has 1 saturated carbocycles. The molecular weight excluding hydrogens is 292 g/mol. The minimum absolute atomic E-state index is 0.0200. The first-order valence-electron chi connectivity index (χ1n) is 7.74. The summed E-state index contributed by atoms with van der Waals surface area (Å²) in [4.78, 5) is 18.6. The van der Waals surface area contributed by atoms with Crippen LogP contribution in [0.1, 0.15) is 23.2 Å². The third kappa shape index (κ3) is 3.51. The van der Waals surface area contributed by atoms with Gasteiger partial charge in [-0.2, -0.15) is 0 Å². The number of aromatic nitrogens is 1. The predicted molar refractivity (Wildman–Crippen MR) is 87.4 cm³/mol. The fourth-order valence-corrected chi connectivity index (χ4v) is 2.61. The molecule has 1 amide bonds. The third-order valence-corrected chi connectivity index (χ3v) is 4.00. The first-order valence-corrected chi connectivity index (χ1v) is 7.74. The van der Waals surface area contributed by atoms with Crippen molar-refractivity contribution in [2.45, 2.75) is 18.9 Å². The van der Waals surface area contributed by atoms with Crippen LogP contribution in [0, 0.1) is 0 Å². The largest absolute Gasteiger partial charge is 0.497 e. The zero-order valence-corrected chi connectivity index (χ0v) is 13.1. The van der Waals surface area contributed by atoms with Gasteiger partial charge < -0.3 is 14.7 Å². The van der Waals surface area contributed by atoms with Gasteiger partial charge in [0.15, 0.2) is 0 Å². The number of aliphatic hydroxyl groups excluding tert-OH is 1. The summed E-state index contributed by atoms with van der Waals surface area (Å²) < 4.78 is 5.16. The van der Waals surface area contributed by atoms with Crippen LogP contribution in [0.25, 0.3) is 11.1 Å². The molecule has 0 unspecified atom stereocenters. The van der Waals surface area contributed by atoms with Crippen molar-refractivity contribution in [1.82, 2.24) is 9.88 Å². The van der Waals surface area contributed by atoms with Gasteiger partial charge in [0.2, 0.25) is 0 Å². The Morgan fingerprint density at radius 2 is 2.00 bits per heavy atom. The van der Waals surface area contributed by atoms with Crippen LogP contribution in [0.15, 0.2) is 42.7 Å². The van der Waals surface area contributed by atoms with Crippen molar-refractivity contribution in [1.29, 1.82) is 0 Å². The number of carbonyl (C=O) groups is 1. The quantitative estimate of drug-likeness (QED) is 0.889. The second-order valence-electron chi connectivity index (χ2n) is 5.64. The summed E-state index contributed by atoms with van der Waals surface area (Å²) in [5.74, 6) is 0.723. The zero-order chi connectivity index (χ0) is 16.2. The molecule has 1 aliphatic carbocycles. The van der Waals surface area contributed by atoms with Crippen LogP contribution in [0.5, 0.6) is 5.75 Å². The van der Waals surface area contributed by atoms with Gasteiger partial charge in [-0.15, -0.1) is 0 Å². The highest BCUT2D eigenvalue weighted by Gasteiger charge is 2.32. The van der Waals surface area contributed by atoms with E-state index < -0.39 is 0 Å². The maximum absolute atomic E-state index is 12.7. The van der Waals surface area contributed by atoms with E-state index in [2.05, 4.69) is 4.98 Å². The van der Waals surface area contributed by atoms with Crippen molar-refractivity contribution in [3.8, 4) is 16.9 Å². The second-order valence-corrected chi connectivity index (χ2v) is 5.64. The van der Waals surface area contributed by atoms with E-state index in [1.807, 2.05) is 30.3 Å². The molecule has 3 rings (SSSR count). The molecule has 0 aliphatic heterocycles. The lowest BCUT2D eigenvalue weighted by molar-refractivity contribution is 0.0707. The smallest absolute Gasteiger partial charge is 0.255 e. The van der Waals surface area contributed by atoms with Crippen LogP contribution in [0.2, 0.25) is 0 Å². The Hall–Kier alpha value is -2.40. The minimum Gasteiger partial charge on any atom is -0.497 e. The molecule has 5 nitrogen and oxygen atoms in total. The van der Waals surface area contributed by atoms with Crippen molar-refractivity contribution in [3.05, 3.63) is 48.3 Å². The Kier molecular flexibility index (Phi) is 4.57. The average Bonchev–Trinajstić information content (AvgIpc) is 3.44. The first-order chi connectivity index (χ1) is 11.2. The molecule has 0 saturated heterocycles. The summed E-state index contributed by atoms with van der Waals surface area (Å²) in [6.45, 7) is 0.351. The molecule has 23 heavy (non-hydrogen) atoms. The summed E-state index contributed by atoms with van der Waals surface area (Å²) in [5.41, 5.74) is 2.42. The molecule has 0 atom stereocenters. The lowest BCUT2D eigenvalue weighted by atomic mass is 10.1. The number of methoxy groups -OCH3 is 1. The van der Waals surface area contributed by atoms with E-state index in [1.54, 1.807) is 24.4 Å². The number of hydrogen-bond acceptors (Lipinski definition) is 4. The van der Waals surface area contributed by atoms with E-state index >= 15 is 0 Å². The van der Waals surface area contributed by atoms with Crippen LogP contribution >= 0.6 is 0 Å². The van der Waals surface area contributed by atoms with Crippen LogP contribution in [0.3, 0.4) is 0 Å². The van der Waals surface area contributed by atoms with Gasteiger partial charge in [0.25, 0.3) is 5.91 Å². The number of nitrogens with zero attached hydrogens (tertiary/aromatic N) is 2. The highest BCUT2D eigenvalue weighted by atomic mass is 16.5. The summed E-state index contributed by atoms with van der Waals surface area (Å²) in [5, 5.41) is 9.17. The van der Waals surface area contributed by atoms with Crippen molar-refractivity contribution < 1.29 is 14.6 Å². The van der Waals surface area contributed by atoms with Crippen molar-refractivity contribution in [2.75, 3.05) is 20.3 Å². The standard InChI is InChI=1S/C18H20N2O3/c1-23-17-6-2-13(3-7-17)14-10-15(12-19-11-14)18(22)20(8-9-21)16-4-5-16/h2-3,6-7,10-12,16,21H,4-5,8-9H2,1H3. The fraction of sp³-hybridized carbons (Fsp3) is 0.333. The number of hydrogen-bond donors (Lipinski definition) is 1. The molecule has 0 bridgehead atoms. The van der Waals surface area contributed by atoms with E-state index in [4.69, 9.17) is 9.84 Å². The maximum Gasteiger partial charge on any atom is 0.255 e. The number of benzene rings is 1. The Balaban J connectivity index is 1.84. The van der Waals surface area contributed by atoms with E-state index in [9.17, 15) is 4.79 Å². The van der Waals surface area contributed by atoms with Gasteiger partial charge in [-0.3, -0.25) is 9.78 Å². The van der Waals surface area contributed by atoms with Gasteiger partial charge in [-0.05, 0) is 36.6 Å². The summed E-state index contributed by atoms with van der Waals surface area (Å²) in [6, 6.07) is 9.76. The highest BCUT2D eigenvalue weighted by molar-refractivity contribution is 5.95. The Labute approximate surface area is 135 Å². The molecule has 5 heteroatoms. The molecule has 1 aromatic heterocycles. The Morgan fingerprint density at radius 1 is 1.26 bits per heavy atom. The summed E-state index contributed by atoms with van der Waals surface area (Å²) >= 11 is 0. The zero-order valence-electron chi connectivity index (χ0n) is 13.1. The second kappa shape index (κ2) is 6.79. The van der Waals surface area contributed by atoms with Crippen LogP contribution < -0.4 is 4.74 Å². The number of amides is 1. The van der Waals surface area contributed by atoms with Crippen LogP contribution in [-0.2, 0) is 0 Å². The molecular formula is C18H20N2O3. The molecule has 1 N–H and O–H groups in total. The van der Waals surface area contributed by atoms with E-state index in [0.717, 1.165) is 29.7 Å². The molecule has 1 aliphatic rings. The van der Waals surface area contributed by atoms with Gasteiger partial charge in [0.05, 0.1) is 19.3 Å². The van der Waals surface area contributed by atoms with Gasteiger partial charge >= 0.3 is 0 Å². The number of rotatable bonds is 6. The predicted octanol–water partition coefficient (Wildman–Crippen LogP) is 2.35. The highest BCUT2D eigenvalue weighted by Crippen LogP contribution is 2.29. The Morgan fingerprint density at radius 3 is 2.61 bits per heavy atom.